The summed E-state index contributed by atoms with van der Waals surface area (Å²) in [7, 11) is 0. The van der Waals surface area contributed by atoms with Crippen molar-refractivity contribution in [3.63, 3.8) is 0 Å². The molecule has 0 atom stereocenters. The van der Waals surface area contributed by atoms with E-state index in [2.05, 4.69) is 17.2 Å². The quantitative estimate of drug-likeness (QED) is 0.848. The second kappa shape index (κ2) is 7.25. The Morgan fingerprint density at radius 3 is 2.67 bits per heavy atom. The maximum Gasteiger partial charge on any atom is 0.251 e. The van der Waals surface area contributed by atoms with Crippen molar-refractivity contribution in [3.05, 3.63) is 57.3 Å². The molecule has 0 unspecified atom stereocenters. The fraction of sp³-hybridized carbons (Fsp3) is 0.125. The first-order valence-corrected chi connectivity index (χ1v) is 7.10. The topological polar surface area (TPSA) is 78.9 Å². The first kappa shape index (κ1) is 14.8. The van der Waals surface area contributed by atoms with E-state index in [1.807, 2.05) is 18.2 Å². The number of nitrogens with zero attached hydrogens (tertiary/aromatic N) is 1. The Bertz CT molecular complexity index is 729. The highest BCUT2D eigenvalue weighted by atomic mass is 32.1. The van der Waals surface area contributed by atoms with Crippen LogP contribution in [0.25, 0.3) is 0 Å². The van der Waals surface area contributed by atoms with Crippen molar-refractivity contribution in [1.29, 1.82) is 5.26 Å². The molecule has 0 radical (unpaired) electrons. The summed E-state index contributed by atoms with van der Waals surface area (Å²) in [5.74, 6) is 5.59. The van der Waals surface area contributed by atoms with Crippen LogP contribution in [0.1, 0.15) is 25.7 Å². The van der Waals surface area contributed by atoms with Gasteiger partial charge in [0.05, 0.1) is 29.6 Å². The summed E-state index contributed by atoms with van der Waals surface area (Å²) in [5, 5.41) is 11.6. The van der Waals surface area contributed by atoms with Crippen LogP contribution in [0.2, 0.25) is 0 Å². The molecule has 1 aromatic carbocycles. The number of nitriles is 1. The summed E-state index contributed by atoms with van der Waals surface area (Å²) >= 11 is 1.53. The Kier molecular flexibility index (Phi) is 5.11. The van der Waals surface area contributed by atoms with Gasteiger partial charge in [-0.3, -0.25) is 4.79 Å². The molecule has 2 rings (SSSR count). The van der Waals surface area contributed by atoms with E-state index in [0.717, 1.165) is 9.75 Å². The van der Waals surface area contributed by atoms with E-state index in [4.69, 9.17) is 11.0 Å². The summed E-state index contributed by atoms with van der Waals surface area (Å²) in [6, 6.07) is 12.4. The smallest absolute Gasteiger partial charge is 0.251 e. The van der Waals surface area contributed by atoms with Gasteiger partial charge in [0.1, 0.15) is 0 Å². The summed E-state index contributed by atoms with van der Waals surface area (Å²) < 4.78 is 0. The molecule has 2 aromatic rings. The predicted octanol–water partition coefficient (Wildman–Crippen LogP) is 1.86. The molecular weight excluding hydrogens is 282 g/mol. The Morgan fingerprint density at radius 2 is 2.00 bits per heavy atom. The van der Waals surface area contributed by atoms with E-state index >= 15 is 0 Å². The molecule has 5 heteroatoms. The van der Waals surface area contributed by atoms with Gasteiger partial charge in [0.15, 0.2) is 0 Å². The number of hydrogen-bond donors (Lipinski definition) is 2. The van der Waals surface area contributed by atoms with Gasteiger partial charge in [-0.1, -0.05) is 11.8 Å². The number of rotatable bonds is 3. The predicted molar refractivity (Wildman–Crippen MR) is 82.6 cm³/mol. The van der Waals surface area contributed by atoms with Crippen LogP contribution in [0.4, 0.5) is 0 Å². The maximum absolute atomic E-state index is 12.0. The molecule has 0 spiro atoms. The Balaban J connectivity index is 1.94. The van der Waals surface area contributed by atoms with Crippen LogP contribution >= 0.6 is 11.3 Å². The highest BCUT2D eigenvalue weighted by Gasteiger charge is 2.06. The monoisotopic (exact) mass is 295 g/mol. The van der Waals surface area contributed by atoms with Crippen LogP contribution in [0.3, 0.4) is 0 Å². The van der Waals surface area contributed by atoms with Gasteiger partial charge in [-0.25, -0.2) is 0 Å². The minimum absolute atomic E-state index is 0.164. The van der Waals surface area contributed by atoms with Gasteiger partial charge >= 0.3 is 0 Å². The Hall–Kier alpha value is -2.60. The zero-order valence-corrected chi connectivity index (χ0v) is 12.0. The highest BCUT2D eigenvalue weighted by molar-refractivity contribution is 7.12. The molecule has 0 saturated heterocycles. The number of carbonyl (C=O) groups excluding carboxylic acids is 1. The van der Waals surface area contributed by atoms with Gasteiger partial charge in [-0.15, -0.1) is 11.3 Å². The first-order valence-electron chi connectivity index (χ1n) is 6.29. The Labute approximate surface area is 127 Å². The van der Waals surface area contributed by atoms with Crippen molar-refractivity contribution in [2.75, 3.05) is 6.54 Å². The second-order valence-corrected chi connectivity index (χ2v) is 5.31. The molecule has 0 saturated carbocycles. The van der Waals surface area contributed by atoms with Crippen molar-refractivity contribution >= 4 is 17.2 Å². The highest BCUT2D eigenvalue weighted by Crippen LogP contribution is 2.15. The third kappa shape index (κ3) is 4.19. The fourth-order valence-electron chi connectivity index (χ4n) is 1.64. The molecule has 0 bridgehead atoms. The second-order valence-electron chi connectivity index (χ2n) is 4.14. The van der Waals surface area contributed by atoms with Crippen LogP contribution in [0.15, 0.2) is 36.4 Å². The number of amides is 1. The zero-order valence-electron chi connectivity index (χ0n) is 11.2. The lowest BCUT2D eigenvalue weighted by Crippen LogP contribution is -2.22. The number of hydrogen-bond acceptors (Lipinski definition) is 4. The molecule has 104 valence electrons. The number of benzene rings is 1. The summed E-state index contributed by atoms with van der Waals surface area (Å²) in [5.41, 5.74) is 6.39. The average Bonchev–Trinajstić information content (AvgIpc) is 2.98. The summed E-state index contributed by atoms with van der Waals surface area (Å²) in [4.78, 5) is 13.9. The van der Waals surface area contributed by atoms with Crippen LogP contribution in [-0.2, 0) is 6.54 Å². The normalized spacial score (nSPS) is 9.33. The lowest BCUT2D eigenvalue weighted by molar-refractivity contribution is 0.0951. The largest absolute Gasteiger partial charge is 0.347 e. The summed E-state index contributed by atoms with van der Waals surface area (Å²) in [6.07, 6.45) is 0. The van der Waals surface area contributed by atoms with Crippen molar-refractivity contribution in [2.24, 2.45) is 5.73 Å². The van der Waals surface area contributed by atoms with Crippen molar-refractivity contribution in [3.8, 4) is 17.9 Å². The standard InChI is InChI=1S/C16H13N3OS/c17-9-1-2-14-7-8-15(21-14)11-19-16(20)13-5-3-12(10-18)4-6-13/h3-8H,9,11,17H2,(H,19,20). The minimum Gasteiger partial charge on any atom is -0.347 e. The maximum atomic E-state index is 12.0. The number of nitrogens with one attached hydrogen (secondary N) is 1. The van der Waals surface area contributed by atoms with Gasteiger partial charge in [-0.05, 0) is 36.4 Å². The molecular formula is C16H13N3OS. The lowest BCUT2D eigenvalue weighted by atomic mass is 10.1. The van der Waals surface area contributed by atoms with E-state index < -0.39 is 0 Å². The minimum atomic E-state index is -0.164. The van der Waals surface area contributed by atoms with Crippen molar-refractivity contribution < 1.29 is 4.79 Å². The van der Waals surface area contributed by atoms with Crippen LogP contribution in [0.5, 0.6) is 0 Å². The van der Waals surface area contributed by atoms with E-state index in [0.29, 0.717) is 24.2 Å². The molecule has 0 aliphatic rings. The molecule has 4 nitrogen and oxygen atoms in total. The van der Waals surface area contributed by atoms with E-state index in [1.54, 1.807) is 24.3 Å². The molecule has 3 N–H and O–H groups in total. The van der Waals surface area contributed by atoms with Gasteiger partial charge in [0.25, 0.3) is 5.91 Å². The van der Waals surface area contributed by atoms with Gasteiger partial charge in [0.2, 0.25) is 0 Å². The fourth-order valence-corrected chi connectivity index (χ4v) is 2.47. The van der Waals surface area contributed by atoms with Crippen LogP contribution in [0, 0.1) is 23.2 Å². The number of carbonyl (C=O) groups is 1. The first-order chi connectivity index (χ1) is 10.2. The summed E-state index contributed by atoms with van der Waals surface area (Å²) in [6.45, 7) is 0.788. The molecule has 1 aromatic heterocycles. The molecule has 1 amide bonds. The number of nitrogens with two attached hydrogens (primary N) is 1. The van der Waals surface area contributed by atoms with E-state index in [1.165, 1.54) is 11.3 Å². The van der Waals surface area contributed by atoms with Gasteiger partial charge in [0, 0.05) is 10.4 Å². The van der Waals surface area contributed by atoms with E-state index in [9.17, 15) is 4.79 Å². The van der Waals surface area contributed by atoms with Crippen molar-refractivity contribution in [2.45, 2.75) is 6.54 Å². The van der Waals surface area contributed by atoms with Gasteiger partial charge < -0.3 is 11.1 Å². The zero-order chi connectivity index (χ0) is 15.1. The molecule has 0 aliphatic carbocycles. The molecule has 1 heterocycles. The number of thiophene rings is 1. The van der Waals surface area contributed by atoms with Gasteiger partial charge in [-0.2, -0.15) is 5.26 Å². The lowest BCUT2D eigenvalue weighted by Gasteiger charge is -2.03. The third-order valence-corrected chi connectivity index (χ3v) is 3.68. The van der Waals surface area contributed by atoms with Crippen LogP contribution in [-0.4, -0.2) is 12.5 Å². The van der Waals surface area contributed by atoms with E-state index in [-0.39, 0.29) is 5.91 Å². The Morgan fingerprint density at radius 1 is 1.24 bits per heavy atom. The van der Waals surface area contributed by atoms with Crippen LogP contribution < -0.4 is 11.1 Å². The third-order valence-electron chi connectivity index (χ3n) is 2.67. The average molecular weight is 295 g/mol. The molecule has 0 fully saturated rings. The molecule has 21 heavy (non-hydrogen) atoms. The SMILES string of the molecule is N#Cc1ccc(C(=O)NCc2ccc(C#CCN)s2)cc1. The van der Waals surface area contributed by atoms with Crippen molar-refractivity contribution in [1.82, 2.24) is 5.32 Å². The molecule has 0 aliphatic heterocycles.